The number of amides is 1. The maximum Gasteiger partial charge on any atom is 0.248 e. The smallest absolute Gasteiger partial charge is 0.248 e. The number of nitrogens with zero attached hydrogens (tertiary/aromatic N) is 4. The van der Waals surface area contributed by atoms with Gasteiger partial charge in [-0.15, -0.1) is 0 Å². The van der Waals surface area contributed by atoms with Gasteiger partial charge in [0.05, 0.1) is 29.4 Å². The van der Waals surface area contributed by atoms with Crippen LogP contribution in [0.1, 0.15) is 27.3 Å². The van der Waals surface area contributed by atoms with E-state index in [1.165, 1.54) is 0 Å². The Labute approximate surface area is 153 Å². The van der Waals surface area contributed by atoms with E-state index in [-0.39, 0.29) is 6.61 Å². The van der Waals surface area contributed by atoms with Crippen LogP contribution < -0.4 is 11.6 Å². The number of nitrogens with two attached hydrogens (primary N) is 2. The molecule has 140 valence electrons. The van der Waals surface area contributed by atoms with Gasteiger partial charge >= 0.3 is 0 Å². The van der Waals surface area contributed by atoms with Crippen LogP contribution in [0.15, 0.2) is 24.3 Å². The maximum atomic E-state index is 11.7. The molecule has 2 aromatic heterocycles. The van der Waals surface area contributed by atoms with Crippen LogP contribution in [0, 0.1) is 0 Å². The largest absolute Gasteiger partial charge is 0.366 e. The molecule has 2 heterocycles. The van der Waals surface area contributed by atoms with Crippen LogP contribution in [0.5, 0.6) is 0 Å². The first-order valence-corrected chi connectivity index (χ1v) is 8.20. The fourth-order valence-corrected chi connectivity index (χ4v) is 2.63. The van der Waals surface area contributed by atoms with E-state index in [1.54, 1.807) is 12.1 Å². The van der Waals surface area contributed by atoms with Crippen molar-refractivity contribution in [3.8, 4) is 11.4 Å². The minimum Gasteiger partial charge on any atom is -0.366 e. The van der Waals surface area contributed by atoms with E-state index >= 15 is 0 Å². The molecule has 0 unspecified atom stereocenters. The SMILES string of the molecule is CN(C)Cc1cc(CON)cc(-c2cc(C(N)=O)cc(CN(C)C)n2)n1. The molecule has 0 aromatic carbocycles. The summed E-state index contributed by atoms with van der Waals surface area (Å²) in [6.45, 7) is 1.51. The lowest BCUT2D eigenvalue weighted by molar-refractivity contribution is 0.1000. The van der Waals surface area contributed by atoms with Crippen LogP contribution in [0.25, 0.3) is 11.4 Å². The normalized spacial score (nSPS) is 11.3. The van der Waals surface area contributed by atoms with Gasteiger partial charge < -0.3 is 15.5 Å². The van der Waals surface area contributed by atoms with Crippen molar-refractivity contribution in [2.75, 3.05) is 28.2 Å². The lowest BCUT2D eigenvalue weighted by atomic mass is 10.1. The second kappa shape index (κ2) is 8.81. The van der Waals surface area contributed by atoms with Gasteiger partial charge in [-0.2, -0.15) is 0 Å². The number of aromatic nitrogens is 2. The van der Waals surface area contributed by atoms with Crippen molar-refractivity contribution >= 4 is 5.91 Å². The highest BCUT2D eigenvalue weighted by atomic mass is 16.6. The first-order chi connectivity index (χ1) is 12.3. The molecular formula is C18H26N6O2. The van der Waals surface area contributed by atoms with E-state index < -0.39 is 5.91 Å². The number of hydrogen-bond donors (Lipinski definition) is 2. The molecule has 0 saturated carbocycles. The lowest BCUT2D eigenvalue weighted by Crippen LogP contribution is -2.16. The molecule has 8 heteroatoms. The summed E-state index contributed by atoms with van der Waals surface area (Å²) in [5.41, 5.74) is 9.64. The summed E-state index contributed by atoms with van der Waals surface area (Å²) in [7, 11) is 7.80. The quantitative estimate of drug-likeness (QED) is 0.670. The van der Waals surface area contributed by atoms with E-state index in [2.05, 4.69) is 9.97 Å². The van der Waals surface area contributed by atoms with Crippen molar-refractivity contribution in [1.82, 2.24) is 19.8 Å². The number of pyridine rings is 2. The van der Waals surface area contributed by atoms with Crippen LogP contribution in [0.4, 0.5) is 0 Å². The Morgan fingerprint density at radius 1 is 0.962 bits per heavy atom. The molecule has 0 aliphatic rings. The fourth-order valence-electron chi connectivity index (χ4n) is 2.63. The Morgan fingerprint density at radius 2 is 1.50 bits per heavy atom. The van der Waals surface area contributed by atoms with Crippen LogP contribution in [0.2, 0.25) is 0 Å². The van der Waals surface area contributed by atoms with Crippen LogP contribution in [-0.4, -0.2) is 53.9 Å². The first-order valence-electron chi connectivity index (χ1n) is 8.20. The molecule has 0 fully saturated rings. The zero-order valence-electron chi connectivity index (χ0n) is 15.7. The van der Waals surface area contributed by atoms with Gasteiger partial charge in [0.2, 0.25) is 5.91 Å². The number of rotatable bonds is 8. The summed E-state index contributed by atoms with van der Waals surface area (Å²) in [4.78, 5) is 29.8. The van der Waals surface area contributed by atoms with Gasteiger partial charge in [0.25, 0.3) is 0 Å². The van der Waals surface area contributed by atoms with E-state index in [9.17, 15) is 4.79 Å². The molecule has 0 saturated heterocycles. The average Bonchev–Trinajstić information content (AvgIpc) is 2.53. The minimum absolute atomic E-state index is 0.260. The van der Waals surface area contributed by atoms with E-state index in [4.69, 9.17) is 16.5 Å². The summed E-state index contributed by atoms with van der Waals surface area (Å²) in [6, 6.07) is 7.17. The van der Waals surface area contributed by atoms with Gasteiger partial charge in [-0.3, -0.25) is 9.63 Å². The molecule has 1 amide bonds. The molecule has 2 aromatic rings. The molecule has 0 radical (unpaired) electrons. The second-order valence-corrected chi connectivity index (χ2v) is 6.74. The summed E-state index contributed by atoms with van der Waals surface area (Å²) >= 11 is 0. The van der Waals surface area contributed by atoms with Gasteiger partial charge in [-0.25, -0.2) is 15.9 Å². The Bertz CT molecular complexity index is 776. The Kier molecular flexibility index (Phi) is 6.76. The molecule has 8 nitrogen and oxygen atoms in total. The van der Waals surface area contributed by atoms with Crippen LogP contribution >= 0.6 is 0 Å². The second-order valence-electron chi connectivity index (χ2n) is 6.74. The Hall–Kier alpha value is -2.39. The molecular weight excluding hydrogens is 332 g/mol. The van der Waals surface area contributed by atoms with Crippen molar-refractivity contribution in [3.63, 3.8) is 0 Å². The van der Waals surface area contributed by atoms with Crippen LogP contribution in [0.3, 0.4) is 0 Å². The molecule has 26 heavy (non-hydrogen) atoms. The van der Waals surface area contributed by atoms with E-state index in [0.717, 1.165) is 17.0 Å². The van der Waals surface area contributed by atoms with Crippen molar-refractivity contribution in [1.29, 1.82) is 0 Å². The van der Waals surface area contributed by atoms with Gasteiger partial charge in [0.15, 0.2) is 0 Å². The third-order valence-electron chi connectivity index (χ3n) is 3.57. The average molecular weight is 358 g/mol. The first kappa shape index (κ1) is 19.9. The lowest BCUT2D eigenvalue weighted by Gasteiger charge is -2.14. The van der Waals surface area contributed by atoms with Gasteiger partial charge in [0.1, 0.15) is 0 Å². The molecule has 0 atom stereocenters. The van der Waals surface area contributed by atoms with Gasteiger partial charge in [0, 0.05) is 18.7 Å². The highest BCUT2D eigenvalue weighted by molar-refractivity contribution is 5.93. The standard InChI is InChI=1S/C18H26N6O2/c1-23(2)9-14-5-12(11-26-20)6-16(21-14)17-8-13(18(19)25)7-15(22-17)10-24(3)4/h5-8H,9-11,20H2,1-4H3,(H2,19,25). The van der Waals surface area contributed by atoms with E-state index in [0.29, 0.717) is 30.0 Å². The van der Waals surface area contributed by atoms with Gasteiger partial charge in [-0.1, -0.05) is 0 Å². The monoisotopic (exact) mass is 358 g/mol. The zero-order chi connectivity index (χ0) is 19.3. The molecule has 4 N–H and O–H groups in total. The number of carbonyl (C=O) groups is 1. The molecule has 2 rings (SSSR count). The summed E-state index contributed by atoms with van der Waals surface area (Å²) in [6.07, 6.45) is 0. The Morgan fingerprint density at radius 3 is 2.00 bits per heavy atom. The summed E-state index contributed by atoms with van der Waals surface area (Å²) < 4.78 is 0. The number of hydrogen-bond acceptors (Lipinski definition) is 7. The highest BCUT2D eigenvalue weighted by Gasteiger charge is 2.13. The fraction of sp³-hybridized carbons (Fsp3) is 0.389. The molecule has 0 spiro atoms. The van der Waals surface area contributed by atoms with Crippen molar-refractivity contribution in [3.05, 3.63) is 46.8 Å². The summed E-state index contributed by atoms with van der Waals surface area (Å²) in [5, 5.41) is 0. The minimum atomic E-state index is -0.497. The van der Waals surface area contributed by atoms with Crippen molar-refractivity contribution < 1.29 is 9.63 Å². The predicted octanol–water partition coefficient (Wildman–Crippen LogP) is 0.756. The van der Waals surface area contributed by atoms with Crippen molar-refractivity contribution in [2.45, 2.75) is 19.7 Å². The third kappa shape index (κ3) is 5.57. The Balaban J connectivity index is 2.55. The van der Waals surface area contributed by atoms with Crippen LogP contribution in [-0.2, 0) is 24.5 Å². The third-order valence-corrected chi connectivity index (χ3v) is 3.57. The molecule has 0 bridgehead atoms. The van der Waals surface area contributed by atoms with E-state index in [1.807, 2.05) is 50.1 Å². The maximum absolute atomic E-state index is 11.7. The predicted molar refractivity (Wildman–Crippen MR) is 99.7 cm³/mol. The summed E-state index contributed by atoms with van der Waals surface area (Å²) in [5.74, 6) is 4.73. The van der Waals surface area contributed by atoms with Crippen molar-refractivity contribution in [2.24, 2.45) is 11.6 Å². The molecule has 0 aliphatic carbocycles. The highest BCUT2D eigenvalue weighted by Crippen LogP contribution is 2.21. The topological polar surface area (TPSA) is 111 Å². The zero-order valence-corrected chi connectivity index (χ0v) is 15.7. The number of primary amides is 1. The molecule has 0 aliphatic heterocycles. The van der Waals surface area contributed by atoms with Gasteiger partial charge in [-0.05, 0) is 58.0 Å². The number of carbonyl (C=O) groups excluding carboxylic acids is 1.